The van der Waals surface area contributed by atoms with Gasteiger partial charge in [0, 0.05) is 81.9 Å². The molecule has 0 fully saturated rings. The second-order valence-electron chi connectivity index (χ2n) is 34.0. The summed E-state index contributed by atoms with van der Waals surface area (Å²) in [5, 5.41) is 53.0. The normalized spacial score (nSPS) is 12.3. The number of fused-ring (bicyclic) bond motifs is 4. The predicted molar refractivity (Wildman–Crippen MR) is 486 cm³/mol. The highest BCUT2D eigenvalue weighted by Crippen LogP contribution is 2.38. The summed E-state index contributed by atoms with van der Waals surface area (Å²) in [5.41, 5.74) is 24.7. The number of amides is 2. The zero-order valence-corrected chi connectivity index (χ0v) is 73.1. The number of aromatic amines is 3. The molecule has 124 heavy (non-hydrogen) atoms. The van der Waals surface area contributed by atoms with E-state index in [1.807, 2.05) is 101 Å². The number of nitrogens with zero attached hydrogens (tertiary/aromatic N) is 9. The number of H-pyrrole nitrogens is 3. The van der Waals surface area contributed by atoms with E-state index in [9.17, 15) is 44.0 Å². The van der Waals surface area contributed by atoms with Gasteiger partial charge in [0.15, 0.2) is 0 Å². The molecule has 0 bridgehead atoms. The summed E-state index contributed by atoms with van der Waals surface area (Å²) >= 11 is 0. The molecule has 10 N–H and O–H groups in total. The van der Waals surface area contributed by atoms with Crippen molar-refractivity contribution in [1.29, 1.82) is 0 Å². The van der Waals surface area contributed by atoms with E-state index in [0.29, 0.717) is 51.7 Å². The quantitative estimate of drug-likeness (QED) is 0.0513. The van der Waals surface area contributed by atoms with E-state index in [1.54, 1.807) is 91.9 Å². The van der Waals surface area contributed by atoms with Crippen LogP contribution in [0.1, 0.15) is 254 Å². The van der Waals surface area contributed by atoms with Crippen LogP contribution in [0.2, 0.25) is 0 Å². The zero-order chi connectivity index (χ0) is 89.9. The molecular formula is C101H103FN14O8. The highest BCUT2D eigenvalue weighted by Gasteiger charge is 2.26. The number of para-hydroxylation sites is 1. The summed E-state index contributed by atoms with van der Waals surface area (Å²) in [6, 6.07) is 38.8. The molecule has 0 saturated carbocycles. The van der Waals surface area contributed by atoms with E-state index >= 15 is 0 Å². The molecule has 0 radical (unpaired) electrons. The third-order valence-corrected chi connectivity index (χ3v) is 19.6. The Morgan fingerprint density at radius 3 is 1.31 bits per heavy atom. The standard InChI is InChI=1S/C21H21N3O3.C21H22N2O2.C21H22N2O.C20H21FN2O2.C18H17N5/c1-12(2)17-15(9-8-13(22-17)10-11-21(3,4)27)14-6-5-7-16-18(14)23-20(26)24-19(16)25;1-13(2)19-16(9-8-14(23-19)10-11-21(3,4)25)15-6-5-7-17-18(15)12-22-20(17)24;1-14(2)20-18(9-8-17(23-20)10-11-21(3,4)24)16-12-15-6-5-7-19(15)22-13-16;1-12(2)18-15(7-6-14(23-18)9-10-20(3,4)25)13-5-8-17(21)16(11-13)19(22)24;1-11(2)18-14(6-7-16(21-18)17-10-20-23-22-17)13-8-12-4-3-5-15(12)19-9-13/h5-9,12,27H,1-4H3,(H2,23,24,25,26);5-9,13,25H,12H2,1-4H3,(H,22,24);5-6,8-9,12-14,24H,7H2,1-4H3;5-8,11-12,25H,1-4H3,(H2,22,24);3-4,6-11H,5H2,1-2H3,(H,20,22,23). The molecule has 0 atom stereocenters. The number of benzene rings is 3. The van der Waals surface area contributed by atoms with Crippen molar-refractivity contribution in [2.75, 3.05) is 0 Å². The fourth-order valence-corrected chi connectivity index (χ4v) is 13.7. The number of carbonyl (C=O) groups excluding carboxylic acids is 2. The zero-order valence-electron chi connectivity index (χ0n) is 73.1. The van der Waals surface area contributed by atoms with Crippen molar-refractivity contribution in [2.45, 2.75) is 196 Å². The fraction of sp³-hybridized carbons (Fsp3) is 0.297. The van der Waals surface area contributed by atoms with Crippen molar-refractivity contribution in [3.05, 3.63) is 275 Å². The van der Waals surface area contributed by atoms with Gasteiger partial charge >= 0.3 is 5.69 Å². The van der Waals surface area contributed by atoms with Crippen molar-refractivity contribution >= 4 is 34.9 Å². The minimum Gasteiger partial charge on any atom is -0.378 e. The lowest BCUT2D eigenvalue weighted by Gasteiger charge is -2.15. The summed E-state index contributed by atoms with van der Waals surface area (Å²) < 4.78 is 13.7. The van der Waals surface area contributed by atoms with Crippen molar-refractivity contribution in [2.24, 2.45) is 5.73 Å². The first-order valence-electron chi connectivity index (χ1n) is 41.1. The molecule has 10 heterocycles. The molecule has 632 valence electrons. The number of rotatable bonds is 12. The Hall–Kier alpha value is -13.8. The average molecular weight is 1660 g/mol. The SMILES string of the molecule is CC(C)c1nc(-c2cn[nH]n2)ccc1-c1cnc2c(c1)C=CC2.CC(C)c1nc(C#CC(C)(C)O)ccc1-c1ccc(F)c(C(N)=O)c1.CC(C)c1nc(C#CC(C)(C)O)ccc1-c1cccc2c(=O)[nH]c(=O)[nH]c12.CC(C)c1nc(C#CC(C)(C)O)ccc1-c1cccc2c1CNC2=O.CC(C)c1nc(C#CC(C)(C)O)ccc1-c1cnc2c(c1)C=CC2. The lowest BCUT2D eigenvalue weighted by Crippen LogP contribution is -2.22. The Kier molecular flexibility index (Phi) is 28.3. The number of pyridine rings is 7. The van der Waals surface area contributed by atoms with E-state index in [2.05, 4.69) is 188 Å². The van der Waals surface area contributed by atoms with Crippen LogP contribution in [0.4, 0.5) is 4.39 Å². The van der Waals surface area contributed by atoms with E-state index < -0.39 is 45.4 Å². The Bertz CT molecular complexity index is 6520. The summed E-state index contributed by atoms with van der Waals surface area (Å²) in [7, 11) is 0. The van der Waals surface area contributed by atoms with E-state index in [0.717, 1.165) is 125 Å². The summed E-state index contributed by atoms with van der Waals surface area (Å²) in [4.78, 5) is 84.8. The maximum atomic E-state index is 13.7. The summed E-state index contributed by atoms with van der Waals surface area (Å²) in [5.74, 6) is 22.2. The lowest BCUT2D eigenvalue weighted by molar-refractivity contribution is 0.0963. The van der Waals surface area contributed by atoms with Crippen LogP contribution < -0.4 is 22.3 Å². The monoisotopic (exact) mass is 1660 g/mol. The number of hydrogen-bond acceptors (Lipinski definition) is 17. The van der Waals surface area contributed by atoms with Gasteiger partial charge in [0.1, 0.15) is 56.7 Å². The van der Waals surface area contributed by atoms with Crippen molar-refractivity contribution in [3.63, 3.8) is 0 Å². The molecule has 1 aliphatic heterocycles. The van der Waals surface area contributed by atoms with Crippen LogP contribution in [-0.2, 0) is 19.4 Å². The largest absolute Gasteiger partial charge is 0.378 e. The molecular weight excluding hydrogens is 1560 g/mol. The van der Waals surface area contributed by atoms with E-state index in [-0.39, 0.29) is 35.1 Å². The third kappa shape index (κ3) is 23.5. The summed E-state index contributed by atoms with van der Waals surface area (Å²) in [6.07, 6.45) is 16.0. The molecule has 2 aliphatic carbocycles. The molecule has 0 spiro atoms. The van der Waals surface area contributed by atoms with Gasteiger partial charge in [-0.15, -0.1) is 0 Å². The van der Waals surface area contributed by atoms with Gasteiger partial charge in [-0.1, -0.05) is 154 Å². The summed E-state index contributed by atoms with van der Waals surface area (Å²) in [6.45, 7) is 34.3. The molecule has 9 aromatic heterocycles. The maximum Gasteiger partial charge on any atom is 0.326 e. The number of allylic oxidation sites excluding steroid dienone is 2. The van der Waals surface area contributed by atoms with E-state index in [4.69, 9.17) is 20.7 Å². The van der Waals surface area contributed by atoms with Gasteiger partial charge in [0.05, 0.1) is 68.2 Å². The molecule has 3 aromatic carbocycles. The van der Waals surface area contributed by atoms with Crippen molar-refractivity contribution in [3.8, 4) is 114 Å². The number of halogens is 1. The van der Waals surface area contributed by atoms with Gasteiger partial charge in [-0.3, -0.25) is 34.3 Å². The molecule has 2 amide bonds. The van der Waals surface area contributed by atoms with Gasteiger partial charge in [0.2, 0.25) is 0 Å². The van der Waals surface area contributed by atoms with Crippen LogP contribution in [0.3, 0.4) is 0 Å². The second-order valence-corrected chi connectivity index (χ2v) is 34.0. The number of nitrogens with one attached hydrogen (secondary N) is 4. The topological polar surface area (TPSA) is 351 Å². The first-order chi connectivity index (χ1) is 58.5. The molecule has 0 unspecified atom stereocenters. The minimum atomic E-state index is -1.11. The van der Waals surface area contributed by atoms with Crippen LogP contribution in [0.25, 0.3) is 90.1 Å². The van der Waals surface area contributed by atoms with Crippen LogP contribution in [0, 0.1) is 53.2 Å². The Balaban J connectivity index is 0.000000151. The van der Waals surface area contributed by atoms with Crippen molar-refractivity contribution in [1.82, 2.24) is 65.6 Å². The van der Waals surface area contributed by atoms with Gasteiger partial charge < -0.3 is 36.5 Å². The lowest BCUT2D eigenvalue weighted by atomic mass is 9.92. The first-order valence-corrected chi connectivity index (χ1v) is 41.1. The van der Waals surface area contributed by atoms with Gasteiger partial charge in [-0.2, -0.15) is 15.4 Å². The highest BCUT2D eigenvalue weighted by atomic mass is 19.1. The number of aromatic nitrogens is 12. The number of hydrogen-bond donors (Lipinski definition) is 9. The molecule has 12 aromatic rings. The number of nitrogens with two attached hydrogens (primary N) is 1. The molecule has 0 saturated heterocycles. The Labute approximate surface area is 722 Å². The first kappa shape index (κ1) is 91.0. The van der Waals surface area contributed by atoms with E-state index in [1.165, 1.54) is 23.3 Å². The molecule has 3 aliphatic rings. The smallest absolute Gasteiger partial charge is 0.326 e. The van der Waals surface area contributed by atoms with Gasteiger partial charge in [-0.25, -0.2) is 29.1 Å². The highest BCUT2D eigenvalue weighted by molar-refractivity contribution is 6.01. The maximum absolute atomic E-state index is 13.7. The second kappa shape index (κ2) is 38.5. The number of aliphatic hydroxyl groups is 4. The fourth-order valence-electron chi connectivity index (χ4n) is 13.7. The van der Waals surface area contributed by atoms with Crippen LogP contribution in [0.5, 0.6) is 0 Å². The van der Waals surface area contributed by atoms with Crippen LogP contribution >= 0.6 is 0 Å². The minimum absolute atomic E-state index is 0.0245. The Morgan fingerprint density at radius 1 is 0.452 bits per heavy atom. The Morgan fingerprint density at radius 2 is 0.863 bits per heavy atom. The number of carbonyl (C=O) groups is 2. The van der Waals surface area contributed by atoms with Gasteiger partial charge in [0.25, 0.3) is 17.4 Å². The molecule has 22 nitrogen and oxygen atoms in total. The van der Waals surface area contributed by atoms with Crippen LogP contribution in [0.15, 0.2) is 168 Å². The number of primary amides is 1. The predicted octanol–water partition coefficient (Wildman–Crippen LogP) is 16.6. The molecule has 23 heteroatoms. The van der Waals surface area contributed by atoms with Crippen LogP contribution in [-0.4, -0.2) is 115 Å². The third-order valence-electron chi connectivity index (χ3n) is 19.6. The average Bonchev–Trinajstić information content (AvgIpc) is 1.05. The molecule has 15 rings (SSSR count). The van der Waals surface area contributed by atoms with Crippen molar-refractivity contribution < 1.29 is 34.4 Å². The van der Waals surface area contributed by atoms with Gasteiger partial charge in [-0.05, 0) is 227 Å².